The van der Waals surface area contributed by atoms with Crippen molar-refractivity contribution < 1.29 is 0 Å². The van der Waals surface area contributed by atoms with Crippen LogP contribution in [0.2, 0.25) is 0 Å². The van der Waals surface area contributed by atoms with E-state index in [1.54, 1.807) is 0 Å². The maximum absolute atomic E-state index is 3.60. The molecule has 0 atom stereocenters. The minimum Gasteiger partial charge on any atom is -0.312 e. The van der Waals surface area contributed by atoms with Crippen molar-refractivity contribution in [1.29, 1.82) is 0 Å². The molecule has 0 spiro atoms. The van der Waals surface area contributed by atoms with E-state index >= 15 is 0 Å². The van der Waals surface area contributed by atoms with E-state index in [0.717, 1.165) is 19.5 Å². The van der Waals surface area contributed by atoms with E-state index in [4.69, 9.17) is 0 Å². The van der Waals surface area contributed by atoms with E-state index in [0.29, 0.717) is 0 Å². The maximum Gasteiger partial charge on any atom is 0.0222 e. The Labute approximate surface area is 117 Å². The number of aryl methyl sites for hydroxylation is 1. The van der Waals surface area contributed by atoms with E-state index in [2.05, 4.69) is 76.7 Å². The highest BCUT2D eigenvalue weighted by atomic mass is 79.9. The summed E-state index contributed by atoms with van der Waals surface area (Å²) in [5, 5.41) is 3.48. The monoisotopic (exact) mass is 303 g/mol. The Hall–Kier alpha value is -1.12. The molecular formula is C16H18BrN. The average Bonchev–Trinajstić information content (AvgIpc) is 2.38. The smallest absolute Gasteiger partial charge is 0.0222 e. The Bertz CT molecular complexity index is 494. The van der Waals surface area contributed by atoms with Crippen molar-refractivity contribution in [2.45, 2.75) is 19.9 Å². The summed E-state index contributed by atoms with van der Waals surface area (Å²) >= 11 is 3.60. The second-order valence-corrected chi connectivity index (χ2v) is 5.36. The van der Waals surface area contributed by atoms with Crippen molar-refractivity contribution in [3.8, 4) is 0 Å². The summed E-state index contributed by atoms with van der Waals surface area (Å²) in [5.41, 5.74) is 3.98. The molecule has 1 nitrogen and oxygen atoms in total. The van der Waals surface area contributed by atoms with Crippen molar-refractivity contribution in [1.82, 2.24) is 5.32 Å². The van der Waals surface area contributed by atoms with Gasteiger partial charge in [-0.1, -0.05) is 58.4 Å². The Morgan fingerprint density at radius 3 is 2.56 bits per heavy atom. The van der Waals surface area contributed by atoms with Gasteiger partial charge in [-0.25, -0.2) is 0 Å². The number of halogens is 1. The fourth-order valence-corrected chi connectivity index (χ4v) is 2.53. The molecule has 2 aromatic rings. The van der Waals surface area contributed by atoms with E-state index in [9.17, 15) is 0 Å². The van der Waals surface area contributed by atoms with Crippen LogP contribution in [0.1, 0.15) is 16.7 Å². The molecule has 0 aromatic heterocycles. The number of nitrogens with one attached hydrogen (secondary N) is 1. The van der Waals surface area contributed by atoms with E-state index in [-0.39, 0.29) is 0 Å². The number of hydrogen-bond acceptors (Lipinski definition) is 1. The van der Waals surface area contributed by atoms with Gasteiger partial charge >= 0.3 is 0 Å². The Balaban J connectivity index is 1.79. The molecule has 0 unspecified atom stereocenters. The second kappa shape index (κ2) is 6.72. The van der Waals surface area contributed by atoms with Crippen LogP contribution in [0.4, 0.5) is 0 Å². The van der Waals surface area contributed by atoms with Crippen molar-refractivity contribution in [2.24, 2.45) is 0 Å². The Morgan fingerprint density at radius 2 is 1.83 bits per heavy atom. The lowest BCUT2D eigenvalue weighted by Gasteiger charge is -2.07. The molecule has 0 saturated carbocycles. The summed E-state index contributed by atoms with van der Waals surface area (Å²) in [6, 6.07) is 17.1. The molecule has 2 heteroatoms. The molecule has 0 fully saturated rings. The first kappa shape index (κ1) is 13.3. The predicted octanol–water partition coefficient (Wildman–Crippen LogP) is 4.09. The molecule has 0 heterocycles. The largest absolute Gasteiger partial charge is 0.312 e. The van der Waals surface area contributed by atoms with Gasteiger partial charge < -0.3 is 5.32 Å². The summed E-state index contributed by atoms with van der Waals surface area (Å²) in [7, 11) is 0. The number of hydrogen-bond donors (Lipinski definition) is 1. The molecule has 0 radical (unpaired) electrons. The van der Waals surface area contributed by atoms with Gasteiger partial charge in [0.15, 0.2) is 0 Å². The Kier molecular flexibility index (Phi) is 4.97. The van der Waals surface area contributed by atoms with Crippen molar-refractivity contribution in [2.75, 3.05) is 6.54 Å². The molecule has 2 aromatic carbocycles. The fourth-order valence-electron chi connectivity index (χ4n) is 1.90. The number of benzene rings is 2. The molecular weight excluding hydrogens is 286 g/mol. The molecule has 0 bridgehead atoms. The normalized spacial score (nSPS) is 10.6. The molecule has 0 aliphatic rings. The summed E-state index contributed by atoms with van der Waals surface area (Å²) in [5.74, 6) is 0. The van der Waals surface area contributed by atoms with Crippen LogP contribution in [0, 0.1) is 6.92 Å². The van der Waals surface area contributed by atoms with Gasteiger partial charge in [-0.3, -0.25) is 0 Å². The topological polar surface area (TPSA) is 12.0 Å². The van der Waals surface area contributed by atoms with Crippen molar-refractivity contribution in [3.63, 3.8) is 0 Å². The fraction of sp³-hybridized carbons (Fsp3) is 0.250. The summed E-state index contributed by atoms with van der Waals surface area (Å²) < 4.78 is 1.19. The highest BCUT2D eigenvalue weighted by molar-refractivity contribution is 9.10. The quantitative estimate of drug-likeness (QED) is 0.820. The average molecular weight is 304 g/mol. The van der Waals surface area contributed by atoms with Crippen LogP contribution in [0.5, 0.6) is 0 Å². The minimum absolute atomic E-state index is 0.910. The zero-order valence-electron chi connectivity index (χ0n) is 10.6. The molecule has 0 amide bonds. The third-order valence-electron chi connectivity index (χ3n) is 2.96. The van der Waals surface area contributed by atoms with Crippen LogP contribution in [-0.4, -0.2) is 6.54 Å². The van der Waals surface area contributed by atoms with E-state index in [1.165, 1.54) is 21.2 Å². The first-order valence-corrected chi connectivity index (χ1v) is 7.04. The van der Waals surface area contributed by atoms with E-state index in [1.807, 2.05) is 0 Å². The highest BCUT2D eigenvalue weighted by Gasteiger charge is 1.99. The summed E-state index contributed by atoms with van der Waals surface area (Å²) in [6.45, 7) is 4.02. The van der Waals surface area contributed by atoms with Crippen LogP contribution >= 0.6 is 15.9 Å². The van der Waals surface area contributed by atoms with Crippen molar-refractivity contribution >= 4 is 15.9 Å². The van der Waals surface area contributed by atoms with E-state index < -0.39 is 0 Å². The predicted molar refractivity (Wildman–Crippen MR) is 80.7 cm³/mol. The zero-order chi connectivity index (χ0) is 12.8. The first-order valence-electron chi connectivity index (χ1n) is 6.25. The van der Waals surface area contributed by atoms with Crippen molar-refractivity contribution in [3.05, 3.63) is 69.7 Å². The molecule has 0 aliphatic carbocycles. The third kappa shape index (κ3) is 3.97. The summed E-state index contributed by atoms with van der Waals surface area (Å²) in [6.07, 6.45) is 1.07. The standard InChI is InChI=1S/C16H18BrN/c1-13-7-8-15(16(17)11-13)12-18-10-9-14-5-3-2-4-6-14/h2-8,11,18H,9-10,12H2,1H3. The maximum atomic E-state index is 3.60. The summed E-state index contributed by atoms with van der Waals surface area (Å²) in [4.78, 5) is 0. The molecule has 0 saturated heterocycles. The van der Waals surface area contributed by atoms with Gasteiger partial charge in [-0.2, -0.15) is 0 Å². The highest BCUT2D eigenvalue weighted by Crippen LogP contribution is 2.17. The number of rotatable bonds is 5. The zero-order valence-corrected chi connectivity index (χ0v) is 12.2. The minimum atomic E-state index is 0.910. The van der Waals surface area contributed by atoms with Crippen LogP contribution < -0.4 is 5.32 Å². The van der Waals surface area contributed by atoms with Gasteiger partial charge in [0.1, 0.15) is 0 Å². The van der Waals surface area contributed by atoms with Gasteiger partial charge in [-0.15, -0.1) is 0 Å². The third-order valence-corrected chi connectivity index (χ3v) is 3.70. The van der Waals surface area contributed by atoms with Gasteiger partial charge in [0.25, 0.3) is 0 Å². The van der Waals surface area contributed by atoms with Gasteiger partial charge in [-0.05, 0) is 42.6 Å². The lowest BCUT2D eigenvalue weighted by molar-refractivity contribution is 0.685. The van der Waals surface area contributed by atoms with Crippen LogP contribution in [0.3, 0.4) is 0 Å². The van der Waals surface area contributed by atoms with Gasteiger partial charge in [0, 0.05) is 11.0 Å². The first-order chi connectivity index (χ1) is 8.75. The lowest BCUT2D eigenvalue weighted by Crippen LogP contribution is -2.16. The second-order valence-electron chi connectivity index (χ2n) is 4.51. The van der Waals surface area contributed by atoms with Crippen LogP contribution in [0.25, 0.3) is 0 Å². The lowest BCUT2D eigenvalue weighted by atomic mass is 10.1. The molecule has 18 heavy (non-hydrogen) atoms. The molecule has 1 N–H and O–H groups in total. The SMILES string of the molecule is Cc1ccc(CNCCc2ccccc2)c(Br)c1. The molecule has 2 rings (SSSR count). The van der Waals surface area contributed by atoms with Crippen LogP contribution in [-0.2, 0) is 13.0 Å². The molecule has 94 valence electrons. The Morgan fingerprint density at radius 1 is 1.06 bits per heavy atom. The molecule has 0 aliphatic heterocycles. The van der Waals surface area contributed by atoms with Gasteiger partial charge in [0.05, 0.1) is 0 Å². The van der Waals surface area contributed by atoms with Gasteiger partial charge in [0.2, 0.25) is 0 Å². The van der Waals surface area contributed by atoms with Crippen LogP contribution in [0.15, 0.2) is 53.0 Å².